The number of alkyl halides is 3. The fourth-order valence-electron chi connectivity index (χ4n) is 3.40. The number of carbonyl (C=O) groups excluding carboxylic acids is 1. The number of hydrogen-bond acceptors (Lipinski definition) is 4. The van der Waals surface area contributed by atoms with Gasteiger partial charge in [-0.05, 0) is 55.4 Å². The van der Waals surface area contributed by atoms with E-state index in [4.69, 9.17) is 28.6 Å². The van der Waals surface area contributed by atoms with E-state index in [1.807, 2.05) is 12.1 Å². The number of halogens is 4. The summed E-state index contributed by atoms with van der Waals surface area (Å²) in [4.78, 5) is 14.6. The number of nitrogens with zero attached hydrogens (tertiary/aromatic N) is 1. The Hall–Kier alpha value is -2.72. The Labute approximate surface area is 194 Å². The Kier molecular flexibility index (Phi) is 7.68. The van der Waals surface area contributed by atoms with Crippen LogP contribution >= 0.6 is 23.8 Å². The summed E-state index contributed by atoms with van der Waals surface area (Å²) in [6.45, 7) is 1.35. The van der Waals surface area contributed by atoms with Gasteiger partial charge in [0.2, 0.25) is 5.91 Å². The van der Waals surface area contributed by atoms with E-state index in [9.17, 15) is 18.0 Å². The predicted molar refractivity (Wildman–Crippen MR) is 122 cm³/mol. The molecule has 1 heterocycles. The minimum atomic E-state index is -4.45. The quantitative estimate of drug-likeness (QED) is 0.433. The van der Waals surface area contributed by atoms with Crippen LogP contribution in [0.4, 0.5) is 24.5 Å². The van der Waals surface area contributed by atoms with Gasteiger partial charge in [-0.15, -0.1) is 0 Å². The molecule has 2 aromatic rings. The average Bonchev–Trinajstić information content (AvgIpc) is 2.77. The van der Waals surface area contributed by atoms with Gasteiger partial charge in [-0.2, -0.15) is 13.2 Å². The van der Waals surface area contributed by atoms with E-state index >= 15 is 0 Å². The van der Waals surface area contributed by atoms with Crippen molar-refractivity contribution in [3.63, 3.8) is 0 Å². The standard InChI is InChI=1S/C21H22ClF3N4O2S/c1-31-18-12-16(5-6-17(18)22)29-9-7-13(8-10-29)19(30)27-28-20(32)26-15-4-2-3-14(11-15)21(23,24)25/h2-6,11-13H,7-10H2,1H3,(H,27,30)(H2,26,28,32). The zero-order chi connectivity index (χ0) is 23.3. The van der Waals surface area contributed by atoms with Crippen molar-refractivity contribution in [2.75, 3.05) is 30.4 Å². The molecule has 0 aromatic heterocycles. The number of anilines is 2. The maximum atomic E-state index is 12.8. The number of methoxy groups -OCH3 is 1. The van der Waals surface area contributed by atoms with Crippen LogP contribution in [0.25, 0.3) is 0 Å². The second-order valence-corrected chi connectivity index (χ2v) is 8.04. The summed E-state index contributed by atoms with van der Waals surface area (Å²) < 4.78 is 43.7. The van der Waals surface area contributed by atoms with Crippen LogP contribution in [0.1, 0.15) is 18.4 Å². The van der Waals surface area contributed by atoms with Crippen molar-refractivity contribution in [3.05, 3.63) is 53.1 Å². The van der Waals surface area contributed by atoms with Crippen LogP contribution in [0, 0.1) is 5.92 Å². The number of thiocarbonyl (C=S) groups is 1. The zero-order valence-electron chi connectivity index (χ0n) is 17.1. The van der Waals surface area contributed by atoms with Gasteiger partial charge in [-0.3, -0.25) is 15.6 Å². The van der Waals surface area contributed by atoms with Crippen molar-refractivity contribution < 1.29 is 22.7 Å². The van der Waals surface area contributed by atoms with Gasteiger partial charge in [0.1, 0.15) is 5.75 Å². The Morgan fingerprint density at radius 1 is 1.16 bits per heavy atom. The van der Waals surface area contributed by atoms with Crippen molar-refractivity contribution in [2.45, 2.75) is 19.0 Å². The molecule has 1 amide bonds. The number of hydrazine groups is 1. The van der Waals surface area contributed by atoms with Crippen LogP contribution in [-0.4, -0.2) is 31.2 Å². The van der Waals surface area contributed by atoms with E-state index in [0.717, 1.165) is 17.8 Å². The van der Waals surface area contributed by atoms with Gasteiger partial charge >= 0.3 is 6.18 Å². The smallest absolute Gasteiger partial charge is 0.416 e. The minimum absolute atomic E-state index is 0.0108. The van der Waals surface area contributed by atoms with Gasteiger partial charge in [0.15, 0.2) is 5.11 Å². The van der Waals surface area contributed by atoms with E-state index in [1.54, 1.807) is 13.2 Å². The third-order valence-corrected chi connectivity index (χ3v) is 5.63. The summed E-state index contributed by atoms with van der Waals surface area (Å²) in [5.41, 5.74) is 5.41. The number of carbonyl (C=O) groups is 1. The molecule has 11 heteroatoms. The number of amides is 1. The van der Waals surface area contributed by atoms with E-state index in [1.165, 1.54) is 12.1 Å². The lowest BCUT2D eigenvalue weighted by atomic mass is 9.96. The molecule has 1 saturated heterocycles. The first kappa shape index (κ1) is 23.9. The fraction of sp³-hybridized carbons (Fsp3) is 0.333. The summed E-state index contributed by atoms with van der Waals surface area (Å²) in [5.74, 6) is 0.144. The van der Waals surface area contributed by atoms with E-state index in [2.05, 4.69) is 21.1 Å². The second-order valence-electron chi connectivity index (χ2n) is 7.23. The lowest BCUT2D eigenvalue weighted by Gasteiger charge is -2.33. The van der Waals surface area contributed by atoms with Gasteiger partial charge in [-0.25, -0.2) is 0 Å². The van der Waals surface area contributed by atoms with Crippen LogP contribution < -0.4 is 25.8 Å². The summed E-state index contributed by atoms with van der Waals surface area (Å²) in [7, 11) is 1.56. The lowest BCUT2D eigenvalue weighted by molar-refractivity contribution is -0.137. The van der Waals surface area contributed by atoms with Crippen molar-refractivity contribution in [2.24, 2.45) is 5.92 Å². The van der Waals surface area contributed by atoms with Crippen molar-refractivity contribution in [3.8, 4) is 5.75 Å². The highest BCUT2D eigenvalue weighted by atomic mass is 35.5. The number of rotatable bonds is 4. The first-order valence-corrected chi connectivity index (χ1v) is 10.6. The average molecular weight is 487 g/mol. The molecule has 3 rings (SSSR count). The summed E-state index contributed by atoms with van der Waals surface area (Å²) >= 11 is 11.1. The molecular formula is C21H22ClF3N4O2S. The molecule has 1 aliphatic rings. The zero-order valence-corrected chi connectivity index (χ0v) is 18.7. The van der Waals surface area contributed by atoms with Crippen LogP contribution in [-0.2, 0) is 11.0 Å². The number of piperidine rings is 1. The molecule has 0 atom stereocenters. The van der Waals surface area contributed by atoms with E-state index in [0.29, 0.717) is 36.7 Å². The molecular weight excluding hydrogens is 465 g/mol. The fourth-order valence-corrected chi connectivity index (χ4v) is 3.76. The molecule has 0 spiro atoms. The predicted octanol–water partition coefficient (Wildman–Crippen LogP) is 4.60. The maximum absolute atomic E-state index is 12.8. The summed E-state index contributed by atoms with van der Waals surface area (Å²) in [6, 6.07) is 10.2. The van der Waals surface area contributed by atoms with Crippen LogP contribution in [0.5, 0.6) is 5.75 Å². The van der Waals surface area contributed by atoms with Crippen molar-refractivity contribution in [1.29, 1.82) is 0 Å². The van der Waals surface area contributed by atoms with Crippen LogP contribution in [0.3, 0.4) is 0 Å². The summed E-state index contributed by atoms with van der Waals surface area (Å²) in [5, 5.41) is 3.15. The van der Waals surface area contributed by atoms with Gasteiger partial charge in [0.05, 0.1) is 17.7 Å². The molecule has 0 saturated carbocycles. The van der Waals surface area contributed by atoms with Gasteiger partial charge in [0, 0.05) is 36.4 Å². The van der Waals surface area contributed by atoms with Gasteiger partial charge < -0.3 is 15.0 Å². The SMILES string of the molecule is COc1cc(N2CCC(C(=O)NNC(=S)Nc3cccc(C(F)(F)F)c3)CC2)ccc1Cl. The highest BCUT2D eigenvalue weighted by Gasteiger charge is 2.30. The molecule has 6 nitrogen and oxygen atoms in total. The maximum Gasteiger partial charge on any atom is 0.416 e. The van der Waals surface area contributed by atoms with Crippen LogP contribution in [0.15, 0.2) is 42.5 Å². The number of hydrogen-bond donors (Lipinski definition) is 3. The van der Waals surface area contributed by atoms with Crippen molar-refractivity contribution >= 4 is 46.2 Å². The van der Waals surface area contributed by atoms with E-state index in [-0.39, 0.29) is 22.6 Å². The topological polar surface area (TPSA) is 65.6 Å². The first-order valence-electron chi connectivity index (χ1n) is 9.80. The Balaban J connectivity index is 1.47. The van der Waals surface area contributed by atoms with Gasteiger partial charge in [-0.1, -0.05) is 17.7 Å². The molecule has 172 valence electrons. The molecule has 0 aliphatic carbocycles. The third kappa shape index (κ3) is 6.17. The molecule has 1 aliphatic heterocycles. The van der Waals surface area contributed by atoms with Crippen LogP contribution in [0.2, 0.25) is 5.02 Å². The highest BCUT2D eigenvalue weighted by molar-refractivity contribution is 7.80. The molecule has 2 aromatic carbocycles. The normalized spacial score (nSPS) is 14.6. The highest BCUT2D eigenvalue weighted by Crippen LogP contribution is 2.32. The summed E-state index contributed by atoms with van der Waals surface area (Å²) in [6.07, 6.45) is -3.19. The Morgan fingerprint density at radius 3 is 2.53 bits per heavy atom. The molecule has 0 unspecified atom stereocenters. The molecule has 3 N–H and O–H groups in total. The third-order valence-electron chi connectivity index (χ3n) is 5.11. The number of nitrogens with one attached hydrogen (secondary N) is 3. The number of ether oxygens (including phenoxy) is 1. The van der Waals surface area contributed by atoms with Gasteiger partial charge in [0.25, 0.3) is 0 Å². The Morgan fingerprint density at radius 2 is 1.88 bits per heavy atom. The molecule has 0 radical (unpaired) electrons. The monoisotopic (exact) mass is 486 g/mol. The molecule has 0 bridgehead atoms. The Bertz CT molecular complexity index is 982. The van der Waals surface area contributed by atoms with Crippen molar-refractivity contribution in [1.82, 2.24) is 10.9 Å². The second kappa shape index (κ2) is 10.3. The van der Waals surface area contributed by atoms with E-state index < -0.39 is 11.7 Å². The minimum Gasteiger partial charge on any atom is -0.495 e. The first-order chi connectivity index (χ1) is 15.2. The molecule has 32 heavy (non-hydrogen) atoms. The number of benzene rings is 2. The molecule has 1 fully saturated rings. The lowest BCUT2D eigenvalue weighted by Crippen LogP contribution is -2.48. The largest absolute Gasteiger partial charge is 0.495 e.